The molecule has 0 spiro atoms. The average molecular weight is 407 g/mol. The zero-order valence-corrected chi connectivity index (χ0v) is 16.6. The van der Waals surface area contributed by atoms with E-state index in [1.54, 1.807) is 11.8 Å². The summed E-state index contributed by atoms with van der Waals surface area (Å²) in [5.41, 5.74) is 3.53. The summed E-state index contributed by atoms with van der Waals surface area (Å²) in [6, 6.07) is 14.9. The Hall–Kier alpha value is -3.12. The molecule has 7 heteroatoms. The number of aromatic nitrogens is 3. The number of carbonyl (C=O) groups excluding carboxylic acids is 1. The third-order valence-electron chi connectivity index (χ3n) is 5.38. The first-order chi connectivity index (χ1) is 14.1. The predicted molar refractivity (Wildman–Crippen MR) is 111 cm³/mol. The standard InChI is InChI=1S/C22H19ClN4O2/c1-29-16-5-2-4-14(12-16)21-25-22-24-17-6-3-7-18(28)19(17)20(27(22)26-21)13-8-10-15(23)11-9-13/h2,4-5,8-12,20H,3,6-7H2,1H3,(H,24,25,26). The molecule has 2 aromatic carbocycles. The van der Waals surface area contributed by atoms with Crippen LogP contribution in [0, 0.1) is 0 Å². The number of ether oxygens (including phenoxy) is 1. The van der Waals surface area contributed by atoms with Gasteiger partial charge in [0.1, 0.15) is 11.8 Å². The van der Waals surface area contributed by atoms with E-state index in [9.17, 15) is 4.79 Å². The molecule has 0 saturated carbocycles. The van der Waals surface area contributed by atoms with Crippen LogP contribution in [0.2, 0.25) is 5.02 Å². The molecule has 1 atom stereocenters. The molecular weight excluding hydrogens is 388 g/mol. The molecule has 3 aromatic rings. The van der Waals surface area contributed by atoms with Gasteiger partial charge in [0.25, 0.3) is 0 Å². The Kier molecular flexibility index (Phi) is 4.36. The number of allylic oxidation sites excluding steroid dienone is 2. The fraction of sp³-hybridized carbons (Fsp3) is 0.227. The third kappa shape index (κ3) is 3.09. The van der Waals surface area contributed by atoms with Crippen molar-refractivity contribution < 1.29 is 9.53 Å². The van der Waals surface area contributed by atoms with Gasteiger partial charge in [0.05, 0.1) is 7.11 Å². The maximum absolute atomic E-state index is 12.8. The molecule has 2 heterocycles. The first-order valence-electron chi connectivity index (χ1n) is 9.54. The molecule has 0 radical (unpaired) electrons. The molecule has 2 aliphatic rings. The minimum atomic E-state index is -0.321. The first-order valence-corrected chi connectivity index (χ1v) is 9.91. The number of anilines is 1. The largest absolute Gasteiger partial charge is 0.497 e. The number of nitrogens with one attached hydrogen (secondary N) is 1. The topological polar surface area (TPSA) is 69.0 Å². The van der Waals surface area contributed by atoms with Gasteiger partial charge in [-0.2, -0.15) is 4.98 Å². The van der Waals surface area contributed by atoms with Gasteiger partial charge in [-0.05, 0) is 42.7 Å². The molecule has 146 valence electrons. The van der Waals surface area contributed by atoms with Crippen molar-refractivity contribution in [1.29, 1.82) is 0 Å². The van der Waals surface area contributed by atoms with Crippen LogP contribution < -0.4 is 10.1 Å². The van der Waals surface area contributed by atoms with E-state index >= 15 is 0 Å². The Labute approximate surface area is 173 Å². The van der Waals surface area contributed by atoms with Crippen molar-refractivity contribution in [2.45, 2.75) is 25.3 Å². The molecule has 1 aliphatic carbocycles. The van der Waals surface area contributed by atoms with Crippen molar-refractivity contribution in [3.05, 3.63) is 70.4 Å². The van der Waals surface area contributed by atoms with Crippen LogP contribution in [0.15, 0.2) is 59.8 Å². The van der Waals surface area contributed by atoms with Crippen LogP contribution in [0.4, 0.5) is 5.95 Å². The minimum absolute atomic E-state index is 0.155. The monoisotopic (exact) mass is 406 g/mol. The van der Waals surface area contributed by atoms with E-state index < -0.39 is 0 Å². The Morgan fingerprint density at radius 2 is 2.00 bits per heavy atom. The van der Waals surface area contributed by atoms with Crippen molar-refractivity contribution in [2.75, 3.05) is 12.4 Å². The number of halogens is 1. The quantitative estimate of drug-likeness (QED) is 0.686. The van der Waals surface area contributed by atoms with Gasteiger partial charge in [-0.25, -0.2) is 4.68 Å². The summed E-state index contributed by atoms with van der Waals surface area (Å²) in [4.78, 5) is 17.6. The summed E-state index contributed by atoms with van der Waals surface area (Å²) in [5.74, 6) is 2.11. The molecule has 0 fully saturated rings. The lowest BCUT2D eigenvalue weighted by molar-refractivity contribution is -0.116. The molecule has 5 rings (SSSR count). The van der Waals surface area contributed by atoms with Crippen LogP contribution in [0.3, 0.4) is 0 Å². The van der Waals surface area contributed by atoms with Crippen LogP contribution in [0.25, 0.3) is 11.4 Å². The highest BCUT2D eigenvalue weighted by atomic mass is 35.5. The highest BCUT2D eigenvalue weighted by Gasteiger charge is 2.36. The van der Waals surface area contributed by atoms with Gasteiger partial charge >= 0.3 is 0 Å². The Balaban J connectivity index is 1.66. The Morgan fingerprint density at radius 3 is 2.79 bits per heavy atom. The smallest absolute Gasteiger partial charge is 0.226 e. The van der Waals surface area contributed by atoms with E-state index in [2.05, 4.69) is 5.32 Å². The summed E-state index contributed by atoms with van der Waals surface area (Å²) in [7, 11) is 1.63. The van der Waals surface area contributed by atoms with Gasteiger partial charge < -0.3 is 10.1 Å². The van der Waals surface area contributed by atoms with Gasteiger partial charge in [0.2, 0.25) is 5.95 Å². The number of benzene rings is 2. The number of nitrogens with zero attached hydrogens (tertiary/aromatic N) is 3. The summed E-state index contributed by atoms with van der Waals surface area (Å²) >= 11 is 6.09. The summed E-state index contributed by atoms with van der Waals surface area (Å²) in [6.45, 7) is 0. The molecule has 1 unspecified atom stereocenters. The zero-order valence-electron chi connectivity index (χ0n) is 15.9. The van der Waals surface area contributed by atoms with E-state index in [4.69, 9.17) is 26.4 Å². The van der Waals surface area contributed by atoms with Gasteiger partial charge in [0, 0.05) is 28.3 Å². The molecule has 0 amide bonds. The summed E-state index contributed by atoms with van der Waals surface area (Å²) in [6.07, 6.45) is 2.22. The molecule has 1 aromatic heterocycles. The van der Waals surface area contributed by atoms with Crippen molar-refractivity contribution in [1.82, 2.24) is 14.8 Å². The number of Topliss-reactive ketones (excluding diaryl/α,β-unsaturated/α-hetero) is 1. The second kappa shape index (κ2) is 7.04. The molecular formula is C22H19ClN4O2. The second-order valence-electron chi connectivity index (χ2n) is 7.18. The number of carbonyl (C=O) groups is 1. The van der Waals surface area contributed by atoms with Crippen LogP contribution in [0.1, 0.15) is 30.9 Å². The number of hydrogen-bond donors (Lipinski definition) is 1. The molecule has 1 aliphatic heterocycles. The number of ketones is 1. The van der Waals surface area contributed by atoms with Crippen molar-refractivity contribution in [3.63, 3.8) is 0 Å². The lowest BCUT2D eigenvalue weighted by Gasteiger charge is -2.32. The first kappa shape index (κ1) is 17.9. The fourth-order valence-corrected chi connectivity index (χ4v) is 4.12. The average Bonchev–Trinajstić information content (AvgIpc) is 3.17. The SMILES string of the molecule is COc1cccc(-c2nc3n(n2)C(c2ccc(Cl)cc2)C2=C(CCCC2=O)N3)c1. The van der Waals surface area contributed by atoms with Crippen molar-refractivity contribution in [2.24, 2.45) is 0 Å². The van der Waals surface area contributed by atoms with E-state index in [1.807, 2.05) is 48.5 Å². The van der Waals surface area contributed by atoms with Gasteiger partial charge in [-0.15, -0.1) is 5.10 Å². The number of methoxy groups -OCH3 is 1. The molecule has 6 nitrogen and oxygen atoms in total. The summed E-state index contributed by atoms with van der Waals surface area (Å²) < 4.78 is 7.13. The van der Waals surface area contributed by atoms with Crippen molar-refractivity contribution in [3.8, 4) is 17.1 Å². The highest BCUT2D eigenvalue weighted by molar-refractivity contribution is 6.30. The number of fused-ring (bicyclic) bond motifs is 1. The number of hydrogen-bond acceptors (Lipinski definition) is 5. The van der Waals surface area contributed by atoms with Gasteiger partial charge in [-0.3, -0.25) is 4.79 Å². The van der Waals surface area contributed by atoms with Crippen LogP contribution in [-0.4, -0.2) is 27.7 Å². The van der Waals surface area contributed by atoms with Gasteiger partial charge in [-0.1, -0.05) is 35.9 Å². The van der Waals surface area contributed by atoms with Crippen LogP contribution >= 0.6 is 11.6 Å². The van der Waals surface area contributed by atoms with Crippen molar-refractivity contribution >= 4 is 23.3 Å². The van der Waals surface area contributed by atoms with Crippen LogP contribution in [-0.2, 0) is 4.79 Å². The third-order valence-corrected chi connectivity index (χ3v) is 5.63. The Bertz CT molecular complexity index is 1130. The number of rotatable bonds is 3. The fourth-order valence-electron chi connectivity index (χ4n) is 3.99. The second-order valence-corrected chi connectivity index (χ2v) is 7.62. The molecule has 0 bridgehead atoms. The Morgan fingerprint density at radius 1 is 1.17 bits per heavy atom. The lowest BCUT2D eigenvalue weighted by Crippen LogP contribution is -2.31. The van der Waals surface area contributed by atoms with E-state index in [1.165, 1.54) is 0 Å². The minimum Gasteiger partial charge on any atom is -0.497 e. The molecule has 0 saturated heterocycles. The van der Waals surface area contributed by atoms with Gasteiger partial charge in [0.15, 0.2) is 11.6 Å². The lowest BCUT2D eigenvalue weighted by atomic mass is 9.85. The predicted octanol–water partition coefficient (Wildman–Crippen LogP) is 4.63. The molecule has 29 heavy (non-hydrogen) atoms. The normalized spacial score (nSPS) is 18.1. The summed E-state index contributed by atoms with van der Waals surface area (Å²) in [5, 5.41) is 8.78. The highest BCUT2D eigenvalue weighted by Crippen LogP contribution is 2.40. The maximum atomic E-state index is 12.8. The zero-order chi connectivity index (χ0) is 20.0. The van der Waals surface area contributed by atoms with E-state index in [0.29, 0.717) is 23.2 Å². The molecule has 1 N–H and O–H groups in total. The van der Waals surface area contributed by atoms with E-state index in [0.717, 1.165) is 41.0 Å². The van der Waals surface area contributed by atoms with Crippen LogP contribution in [0.5, 0.6) is 5.75 Å². The maximum Gasteiger partial charge on any atom is 0.226 e. The van der Waals surface area contributed by atoms with E-state index in [-0.39, 0.29) is 11.8 Å².